The lowest BCUT2D eigenvalue weighted by Gasteiger charge is -2.19. The van der Waals surface area contributed by atoms with Crippen LogP contribution in [0.2, 0.25) is 0 Å². The van der Waals surface area contributed by atoms with Gasteiger partial charge >= 0.3 is 0 Å². The summed E-state index contributed by atoms with van der Waals surface area (Å²) in [6.45, 7) is 0.389. The molecule has 6 heteroatoms. The van der Waals surface area contributed by atoms with Gasteiger partial charge in [0.05, 0.1) is 23.1 Å². The first-order chi connectivity index (χ1) is 14.2. The summed E-state index contributed by atoms with van der Waals surface area (Å²) < 4.78 is 6.02. The molecule has 29 heavy (non-hydrogen) atoms. The maximum atomic E-state index is 10.8. The van der Waals surface area contributed by atoms with Crippen LogP contribution in [-0.2, 0) is 0 Å². The van der Waals surface area contributed by atoms with Gasteiger partial charge in [-0.1, -0.05) is 18.2 Å². The summed E-state index contributed by atoms with van der Waals surface area (Å²) in [6, 6.07) is 17.6. The summed E-state index contributed by atoms with van der Waals surface area (Å²) in [7, 11) is 0. The van der Waals surface area contributed by atoms with Crippen LogP contribution in [0.3, 0.4) is 0 Å². The fraction of sp³-hybridized carbons (Fsp3) is 0.261. The molecule has 6 nitrogen and oxygen atoms in total. The maximum Gasteiger partial charge on any atom is 0.148 e. The molecule has 1 aliphatic carbocycles. The third kappa shape index (κ3) is 3.36. The second kappa shape index (κ2) is 7.29. The summed E-state index contributed by atoms with van der Waals surface area (Å²) in [6.07, 6.45) is 5.06. The van der Waals surface area contributed by atoms with E-state index in [1.807, 2.05) is 54.6 Å². The number of aliphatic hydroxyl groups is 1. The first kappa shape index (κ1) is 17.8. The van der Waals surface area contributed by atoms with Gasteiger partial charge in [0.1, 0.15) is 17.3 Å². The number of anilines is 1. The van der Waals surface area contributed by atoms with Gasteiger partial charge in [-0.25, -0.2) is 5.43 Å². The Morgan fingerprint density at radius 1 is 1.07 bits per heavy atom. The number of aliphatic hydroxyl groups excluding tert-OH is 1. The van der Waals surface area contributed by atoms with Crippen LogP contribution < -0.4 is 15.2 Å². The first-order valence-corrected chi connectivity index (χ1v) is 10.1. The average molecular weight is 388 g/mol. The molecular weight excluding hydrogens is 364 g/mol. The zero-order valence-electron chi connectivity index (χ0n) is 16.1. The zero-order valence-corrected chi connectivity index (χ0v) is 16.1. The number of para-hydroxylation sites is 1. The molecule has 5 rings (SSSR count). The van der Waals surface area contributed by atoms with Crippen LogP contribution in [0.5, 0.6) is 5.75 Å². The lowest BCUT2D eigenvalue weighted by molar-refractivity contribution is 0.210. The Morgan fingerprint density at radius 2 is 1.83 bits per heavy atom. The Labute approximate surface area is 169 Å². The number of aromatic amines is 1. The van der Waals surface area contributed by atoms with E-state index in [4.69, 9.17) is 10.1 Å². The summed E-state index contributed by atoms with van der Waals surface area (Å²) >= 11 is 0. The average Bonchev–Trinajstić information content (AvgIpc) is 3.48. The van der Waals surface area contributed by atoms with Crippen LogP contribution in [0, 0.1) is 5.41 Å². The molecule has 0 spiro atoms. The molecular formula is C23H24N4O2. The van der Waals surface area contributed by atoms with Crippen molar-refractivity contribution in [3.8, 4) is 5.75 Å². The Morgan fingerprint density at radius 3 is 2.59 bits per heavy atom. The van der Waals surface area contributed by atoms with E-state index in [1.165, 1.54) is 12.8 Å². The van der Waals surface area contributed by atoms with Crippen molar-refractivity contribution in [2.24, 2.45) is 0 Å². The number of nitrogens with zero attached hydrogens (tertiary/aromatic N) is 1. The minimum atomic E-state index is 0.0994. The van der Waals surface area contributed by atoms with E-state index >= 15 is 0 Å². The van der Waals surface area contributed by atoms with Gasteiger partial charge in [-0.2, -0.15) is 0 Å². The Kier molecular flexibility index (Phi) is 4.48. The van der Waals surface area contributed by atoms with Crippen LogP contribution in [-0.4, -0.2) is 28.6 Å². The van der Waals surface area contributed by atoms with Gasteiger partial charge < -0.3 is 14.8 Å². The van der Waals surface area contributed by atoms with Crippen molar-refractivity contribution in [2.75, 3.05) is 11.6 Å². The highest BCUT2D eigenvalue weighted by Gasteiger charge is 2.28. The SMILES string of the molecule is N=C1C(=C(O)c2cc3ccccc3[nH]2)CNN1c1ccc(OC2CCCC2)cc1. The van der Waals surface area contributed by atoms with E-state index in [-0.39, 0.29) is 11.6 Å². The summed E-state index contributed by atoms with van der Waals surface area (Å²) in [4.78, 5) is 3.22. The Hall–Kier alpha value is -3.25. The largest absolute Gasteiger partial charge is 0.505 e. The van der Waals surface area contributed by atoms with E-state index in [9.17, 15) is 5.11 Å². The number of hydrogen-bond acceptors (Lipinski definition) is 4. The molecule has 1 aromatic heterocycles. The molecule has 0 atom stereocenters. The van der Waals surface area contributed by atoms with Crippen LogP contribution in [0.25, 0.3) is 16.7 Å². The summed E-state index contributed by atoms with van der Waals surface area (Å²) in [5.41, 5.74) is 6.17. The lowest BCUT2D eigenvalue weighted by atomic mass is 10.1. The van der Waals surface area contributed by atoms with Crippen molar-refractivity contribution in [1.29, 1.82) is 5.41 Å². The van der Waals surface area contributed by atoms with Crippen LogP contribution in [0.4, 0.5) is 5.69 Å². The highest BCUT2D eigenvalue weighted by atomic mass is 16.5. The minimum absolute atomic E-state index is 0.0994. The quantitative estimate of drug-likeness (QED) is 0.486. The topological polar surface area (TPSA) is 84.4 Å². The third-order valence-electron chi connectivity index (χ3n) is 5.69. The molecule has 2 heterocycles. The molecule has 0 bridgehead atoms. The second-order valence-corrected chi connectivity index (χ2v) is 7.63. The van der Waals surface area contributed by atoms with Crippen molar-refractivity contribution >= 4 is 28.2 Å². The first-order valence-electron chi connectivity index (χ1n) is 10.1. The van der Waals surface area contributed by atoms with Crippen molar-refractivity contribution in [3.63, 3.8) is 0 Å². The lowest BCUT2D eigenvalue weighted by Crippen LogP contribution is -2.33. The Bertz CT molecular complexity index is 1040. The highest BCUT2D eigenvalue weighted by Crippen LogP contribution is 2.29. The molecule has 2 aromatic carbocycles. The molecule has 3 aromatic rings. The molecule has 0 radical (unpaired) electrons. The second-order valence-electron chi connectivity index (χ2n) is 7.63. The molecule has 0 amide bonds. The molecule has 1 saturated heterocycles. The number of H-pyrrole nitrogens is 1. The van der Waals surface area contributed by atoms with Crippen molar-refractivity contribution < 1.29 is 9.84 Å². The fourth-order valence-electron chi connectivity index (χ4n) is 4.11. The number of fused-ring (bicyclic) bond motifs is 1. The molecule has 2 aliphatic rings. The van der Waals surface area contributed by atoms with Crippen molar-refractivity contribution in [1.82, 2.24) is 10.4 Å². The molecule has 0 unspecified atom stereocenters. The smallest absolute Gasteiger partial charge is 0.148 e. The number of aromatic nitrogens is 1. The standard InChI is InChI=1S/C23H24N4O2/c24-23-19(22(28)21-13-15-5-1-4-8-20(15)26-21)14-25-27(23)16-9-11-18(12-10-16)29-17-6-2-3-7-17/h1,4-5,8-13,17,24-26,28H,2-3,6-7,14H2. The van der Waals surface area contributed by atoms with Gasteiger partial charge in [-0.3, -0.25) is 10.4 Å². The predicted octanol–water partition coefficient (Wildman–Crippen LogP) is 4.76. The molecule has 1 saturated carbocycles. The predicted molar refractivity (Wildman–Crippen MR) is 115 cm³/mol. The van der Waals surface area contributed by atoms with Crippen LogP contribution in [0.1, 0.15) is 31.4 Å². The monoisotopic (exact) mass is 388 g/mol. The number of ether oxygens (including phenoxy) is 1. The van der Waals surface area contributed by atoms with E-state index in [0.29, 0.717) is 23.9 Å². The molecule has 1 aliphatic heterocycles. The zero-order chi connectivity index (χ0) is 19.8. The fourth-order valence-corrected chi connectivity index (χ4v) is 4.11. The van der Waals surface area contributed by atoms with E-state index < -0.39 is 0 Å². The highest BCUT2D eigenvalue weighted by molar-refractivity contribution is 6.13. The van der Waals surface area contributed by atoms with E-state index in [0.717, 1.165) is 35.2 Å². The molecule has 148 valence electrons. The number of benzene rings is 2. The summed E-state index contributed by atoms with van der Waals surface area (Å²) in [5, 5.41) is 22.0. The van der Waals surface area contributed by atoms with Gasteiger partial charge in [0.15, 0.2) is 0 Å². The van der Waals surface area contributed by atoms with Gasteiger partial charge in [-0.05, 0) is 62.1 Å². The van der Waals surface area contributed by atoms with Gasteiger partial charge in [0, 0.05) is 17.4 Å². The third-order valence-corrected chi connectivity index (χ3v) is 5.69. The van der Waals surface area contributed by atoms with Gasteiger partial charge in [-0.15, -0.1) is 0 Å². The maximum absolute atomic E-state index is 10.8. The van der Waals surface area contributed by atoms with Gasteiger partial charge in [0.2, 0.25) is 0 Å². The van der Waals surface area contributed by atoms with Gasteiger partial charge in [0.25, 0.3) is 0 Å². The van der Waals surface area contributed by atoms with Crippen molar-refractivity contribution in [2.45, 2.75) is 31.8 Å². The number of amidine groups is 1. The van der Waals surface area contributed by atoms with Crippen LogP contribution in [0.15, 0.2) is 60.2 Å². The molecule has 2 fully saturated rings. The summed E-state index contributed by atoms with van der Waals surface area (Å²) in [5.74, 6) is 1.20. The number of nitrogens with one attached hydrogen (secondary N) is 3. The van der Waals surface area contributed by atoms with Crippen LogP contribution >= 0.6 is 0 Å². The van der Waals surface area contributed by atoms with Crippen molar-refractivity contribution in [3.05, 3.63) is 65.9 Å². The Balaban J connectivity index is 1.35. The number of hydrazine groups is 1. The van der Waals surface area contributed by atoms with E-state index in [2.05, 4.69) is 10.4 Å². The minimum Gasteiger partial charge on any atom is -0.505 e. The number of hydrogen-bond donors (Lipinski definition) is 4. The number of rotatable bonds is 4. The molecule has 4 N–H and O–H groups in total. The normalized spacial score (nSPS) is 19.3. The van der Waals surface area contributed by atoms with E-state index in [1.54, 1.807) is 5.01 Å².